The molecule has 2 rings (SSSR count). The number of hydrogen-bond donors (Lipinski definition) is 3. The van der Waals surface area contributed by atoms with Crippen LogP contribution in [0, 0.1) is 0 Å². The number of ether oxygens (including phenoxy) is 1. The number of nitrogens with one attached hydrogen (secondary N) is 1. The number of aliphatic hydroxyl groups excluding tert-OH is 1. The van der Waals surface area contributed by atoms with E-state index in [1.165, 1.54) is 0 Å². The molecule has 2 heterocycles. The number of pyridine rings is 1. The monoisotopic (exact) mass is 280 g/mol. The molecule has 1 aliphatic rings. The van der Waals surface area contributed by atoms with Crippen LogP contribution in [-0.2, 0) is 4.74 Å². The summed E-state index contributed by atoms with van der Waals surface area (Å²) in [5.41, 5.74) is 2.23. The summed E-state index contributed by atoms with van der Waals surface area (Å²) in [6.07, 6.45) is -0.376. The third-order valence-corrected chi connectivity index (χ3v) is 3.09. The van der Waals surface area contributed by atoms with Crippen molar-refractivity contribution in [3.05, 3.63) is 23.9 Å². The van der Waals surface area contributed by atoms with Gasteiger partial charge in [-0.15, -0.1) is 0 Å². The molecule has 0 aliphatic carbocycles. The molecule has 7 heteroatoms. The van der Waals surface area contributed by atoms with Crippen molar-refractivity contribution in [2.45, 2.75) is 25.6 Å². The summed E-state index contributed by atoms with van der Waals surface area (Å²) in [5, 5.41) is 9.27. The molecule has 0 radical (unpaired) electrons. The highest BCUT2D eigenvalue weighted by atomic mass is 16.5. The predicted molar refractivity (Wildman–Crippen MR) is 74.0 cm³/mol. The van der Waals surface area contributed by atoms with Gasteiger partial charge in [-0.25, -0.2) is 10.8 Å². The fraction of sp³-hybridized carbons (Fsp3) is 0.538. The first-order valence-electron chi connectivity index (χ1n) is 6.47. The Kier molecular flexibility index (Phi) is 4.22. The number of carbonyl (C=O) groups excluding carboxylic acids is 1. The number of carbonyl (C=O) groups is 1. The molecule has 7 nitrogen and oxygen atoms in total. The lowest BCUT2D eigenvalue weighted by Crippen LogP contribution is -2.55. The summed E-state index contributed by atoms with van der Waals surface area (Å²) in [6.45, 7) is 4.46. The maximum absolute atomic E-state index is 12.5. The first-order chi connectivity index (χ1) is 9.45. The van der Waals surface area contributed by atoms with Crippen molar-refractivity contribution < 1.29 is 14.6 Å². The van der Waals surface area contributed by atoms with Gasteiger partial charge in [0.2, 0.25) is 0 Å². The molecule has 0 saturated carbocycles. The summed E-state index contributed by atoms with van der Waals surface area (Å²) in [4.78, 5) is 18.3. The molecular weight excluding hydrogens is 260 g/mol. The Labute approximate surface area is 117 Å². The van der Waals surface area contributed by atoms with E-state index in [2.05, 4.69) is 10.4 Å². The van der Waals surface area contributed by atoms with Crippen LogP contribution in [0.2, 0.25) is 0 Å². The lowest BCUT2D eigenvalue weighted by Gasteiger charge is -2.42. The smallest absolute Gasteiger partial charge is 0.272 e. The van der Waals surface area contributed by atoms with Gasteiger partial charge in [0.15, 0.2) is 0 Å². The molecule has 0 aromatic carbocycles. The number of aliphatic hydroxyl groups is 1. The van der Waals surface area contributed by atoms with Gasteiger partial charge in [0.05, 0.1) is 18.3 Å². The highest BCUT2D eigenvalue weighted by Crippen LogP contribution is 2.22. The van der Waals surface area contributed by atoms with Crippen LogP contribution in [0.3, 0.4) is 0 Å². The van der Waals surface area contributed by atoms with Gasteiger partial charge in [-0.3, -0.25) is 4.79 Å². The van der Waals surface area contributed by atoms with Crippen LogP contribution in [0.4, 0.5) is 5.82 Å². The summed E-state index contributed by atoms with van der Waals surface area (Å²) >= 11 is 0. The van der Waals surface area contributed by atoms with E-state index < -0.39 is 5.60 Å². The Balaban J connectivity index is 2.18. The third kappa shape index (κ3) is 3.24. The minimum atomic E-state index is -0.495. The van der Waals surface area contributed by atoms with Crippen LogP contribution < -0.4 is 11.3 Å². The van der Waals surface area contributed by atoms with E-state index in [-0.39, 0.29) is 18.6 Å². The number of anilines is 1. The van der Waals surface area contributed by atoms with Crippen molar-refractivity contribution in [1.29, 1.82) is 0 Å². The fourth-order valence-electron chi connectivity index (χ4n) is 2.34. The van der Waals surface area contributed by atoms with Gasteiger partial charge in [-0.05, 0) is 26.0 Å². The second-order valence-corrected chi connectivity index (χ2v) is 5.42. The third-order valence-electron chi connectivity index (χ3n) is 3.09. The molecule has 1 saturated heterocycles. The Bertz CT molecular complexity index is 492. The van der Waals surface area contributed by atoms with Gasteiger partial charge in [-0.1, -0.05) is 6.07 Å². The number of nitrogen functional groups attached to an aromatic ring is 1. The number of rotatable bonds is 3. The Hall–Kier alpha value is -1.70. The molecule has 4 N–H and O–H groups in total. The van der Waals surface area contributed by atoms with Crippen molar-refractivity contribution in [3.63, 3.8) is 0 Å². The van der Waals surface area contributed by atoms with Gasteiger partial charge in [0, 0.05) is 13.1 Å². The quantitative estimate of drug-likeness (QED) is 0.531. The number of nitrogens with zero attached hydrogens (tertiary/aromatic N) is 2. The zero-order valence-electron chi connectivity index (χ0n) is 11.7. The van der Waals surface area contributed by atoms with Crippen molar-refractivity contribution in [3.8, 4) is 0 Å². The zero-order valence-corrected chi connectivity index (χ0v) is 11.7. The van der Waals surface area contributed by atoms with Gasteiger partial charge in [-0.2, -0.15) is 0 Å². The largest absolute Gasteiger partial charge is 0.394 e. The van der Waals surface area contributed by atoms with E-state index in [9.17, 15) is 9.90 Å². The number of hydrazine groups is 1. The molecule has 1 aliphatic heterocycles. The van der Waals surface area contributed by atoms with E-state index in [0.29, 0.717) is 24.6 Å². The van der Waals surface area contributed by atoms with Gasteiger partial charge < -0.3 is 20.2 Å². The minimum Gasteiger partial charge on any atom is -0.394 e. The second kappa shape index (κ2) is 5.74. The normalized spacial score (nSPS) is 21.6. The topological polar surface area (TPSA) is 101 Å². The molecule has 20 heavy (non-hydrogen) atoms. The molecule has 110 valence electrons. The minimum absolute atomic E-state index is 0.120. The van der Waals surface area contributed by atoms with Crippen LogP contribution in [0.25, 0.3) is 0 Å². The number of morpholine rings is 1. The van der Waals surface area contributed by atoms with Crippen LogP contribution in [0.15, 0.2) is 18.2 Å². The van der Waals surface area contributed by atoms with Crippen LogP contribution in [0.5, 0.6) is 0 Å². The summed E-state index contributed by atoms with van der Waals surface area (Å²) in [7, 11) is 0. The number of amides is 1. The molecular formula is C13H20N4O3. The van der Waals surface area contributed by atoms with Gasteiger partial charge >= 0.3 is 0 Å². The van der Waals surface area contributed by atoms with Crippen LogP contribution in [0.1, 0.15) is 24.3 Å². The fourth-order valence-corrected chi connectivity index (χ4v) is 2.34. The maximum atomic E-state index is 12.5. The summed E-state index contributed by atoms with van der Waals surface area (Å²) in [5.74, 6) is 5.53. The van der Waals surface area contributed by atoms with E-state index in [4.69, 9.17) is 10.6 Å². The molecule has 1 aromatic rings. The molecule has 0 spiro atoms. The van der Waals surface area contributed by atoms with Crippen molar-refractivity contribution in [2.75, 3.05) is 25.1 Å². The first-order valence-corrected chi connectivity index (χ1v) is 6.47. The van der Waals surface area contributed by atoms with E-state index in [1.54, 1.807) is 23.1 Å². The molecule has 1 atom stereocenters. The van der Waals surface area contributed by atoms with Crippen molar-refractivity contribution in [2.24, 2.45) is 5.84 Å². The highest BCUT2D eigenvalue weighted by Gasteiger charge is 2.35. The standard InChI is InChI=1S/C13H20N4O3/c1-13(2)8-17(6-9(7-18)20-13)12(19)10-4-3-5-11(15-10)16-14/h3-5,9,18H,6-8,14H2,1-2H3,(H,15,16). The SMILES string of the molecule is CC1(C)CN(C(=O)c2cccc(NN)n2)CC(CO)O1. The Morgan fingerprint density at radius 2 is 2.40 bits per heavy atom. The second-order valence-electron chi connectivity index (χ2n) is 5.42. The molecule has 1 unspecified atom stereocenters. The predicted octanol–water partition coefficient (Wildman–Crippen LogP) is -0.0209. The first kappa shape index (κ1) is 14.7. The van der Waals surface area contributed by atoms with Crippen molar-refractivity contribution in [1.82, 2.24) is 9.88 Å². The molecule has 1 aromatic heterocycles. The molecule has 1 amide bonds. The molecule has 1 fully saturated rings. The van der Waals surface area contributed by atoms with Crippen LogP contribution >= 0.6 is 0 Å². The average Bonchev–Trinajstić information content (AvgIpc) is 2.44. The number of nitrogens with two attached hydrogens (primary N) is 1. The Morgan fingerprint density at radius 3 is 3.05 bits per heavy atom. The lowest BCUT2D eigenvalue weighted by atomic mass is 10.0. The molecule has 0 bridgehead atoms. The number of hydrogen-bond acceptors (Lipinski definition) is 6. The van der Waals surface area contributed by atoms with Gasteiger partial charge in [0.25, 0.3) is 5.91 Å². The number of aromatic nitrogens is 1. The maximum Gasteiger partial charge on any atom is 0.272 e. The zero-order chi connectivity index (χ0) is 14.8. The van der Waals surface area contributed by atoms with Gasteiger partial charge in [0.1, 0.15) is 11.5 Å². The summed E-state index contributed by atoms with van der Waals surface area (Å²) < 4.78 is 5.69. The van der Waals surface area contributed by atoms with E-state index >= 15 is 0 Å². The van der Waals surface area contributed by atoms with Crippen molar-refractivity contribution >= 4 is 11.7 Å². The average molecular weight is 280 g/mol. The summed E-state index contributed by atoms with van der Waals surface area (Å²) in [6, 6.07) is 5.03. The lowest BCUT2D eigenvalue weighted by molar-refractivity contribution is -0.139. The van der Waals surface area contributed by atoms with E-state index in [0.717, 1.165) is 0 Å². The van der Waals surface area contributed by atoms with Crippen LogP contribution in [-0.4, -0.2) is 52.3 Å². The highest BCUT2D eigenvalue weighted by molar-refractivity contribution is 5.92. The van der Waals surface area contributed by atoms with E-state index in [1.807, 2.05) is 13.8 Å². The Morgan fingerprint density at radius 1 is 1.65 bits per heavy atom.